The molecule has 0 aliphatic carbocycles. The summed E-state index contributed by atoms with van der Waals surface area (Å²) in [6, 6.07) is 1.62. The fourth-order valence-electron chi connectivity index (χ4n) is 1.48. The Hall–Kier alpha value is -1.89. The molecule has 0 aromatic carbocycles. The number of carbonyl (C=O) groups excluding carboxylic acids is 1. The summed E-state index contributed by atoms with van der Waals surface area (Å²) in [7, 11) is 0. The number of carbonyl (C=O) groups is 1. The maximum atomic E-state index is 11.9. The van der Waals surface area contributed by atoms with Crippen molar-refractivity contribution < 1.29 is 9.21 Å². The molecular weight excluding hydrogens is 312 g/mol. The Morgan fingerprint density at radius 1 is 1.47 bits per heavy atom. The van der Waals surface area contributed by atoms with Crippen LogP contribution in [-0.4, -0.2) is 15.9 Å². The van der Waals surface area contributed by atoms with E-state index in [2.05, 4.69) is 31.2 Å². The molecule has 0 spiro atoms. The molecule has 6 nitrogen and oxygen atoms in total. The van der Waals surface area contributed by atoms with E-state index in [4.69, 9.17) is 10.2 Å². The largest absolute Gasteiger partial charge is 0.444 e. The molecule has 19 heavy (non-hydrogen) atoms. The van der Waals surface area contributed by atoms with Crippen molar-refractivity contribution in [3.8, 4) is 0 Å². The minimum absolute atomic E-state index is 0.183. The lowest BCUT2D eigenvalue weighted by molar-refractivity contribution is 0.0947. The third-order valence-electron chi connectivity index (χ3n) is 2.48. The lowest BCUT2D eigenvalue weighted by Crippen LogP contribution is -2.24. The molecule has 0 bridgehead atoms. The van der Waals surface area contributed by atoms with Gasteiger partial charge in [0.1, 0.15) is 11.6 Å². The molecule has 0 unspecified atom stereocenters. The molecule has 0 fully saturated rings. The van der Waals surface area contributed by atoms with Crippen molar-refractivity contribution in [3.05, 3.63) is 40.1 Å². The van der Waals surface area contributed by atoms with Crippen molar-refractivity contribution in [3.63, 3.8) is 0 Å². The molecule has 0 aliphatic heterocycles. The summed E-state index contributed by atoms with van der Waals surface area (Å²) in [6.45, 7) is 2.18. The highest BCUT2D eigenvalue weighted by Gasteiger charge is 2.12. The third-order valence-corrected chi connectivity index (χ3v) is 2.91. The van der Waals surface area contributed by atoms with Crippen molar-refractivity contribution in [2.24, 2.45) is 0 Å². The van der Waals surface area contributed by atoms with Gasteiger partial charge in [0.2, 0.25) is 5.89 Å². The summed E-state index contributed by atoms with van der Waals surface area (Å²) in [4.78, 5) is 19.9. The van der Waals surface area contributed by atoms with Crippen molar-refractivity contribution >= 4 is 27.7 Å². The zero-order chi connectivity index (χ0) is 13.8. The van der Waals surface area contributed by atoms with Gasteiger partial charge in [0.15, 0.2) is 0 Å². The average molecular weight is 325 g/mol. The highest BCUT2D eigenvalue weighted by Crippen LogP contribution is 2.15. The van der Waals surface area contributed by atoms with Crippen molar-refractivity contribution in [1.29, 1.82) is 0 Å². The summed E-state index contributed by atoms with van der Waals surface area (Å²) in [6.07, 6.45) is 3.95. The van der Waals surface area contributed by atoms with E-state index in [9.17, 15) is 4.79 Å². The van der Waals surface area contributed by atoms with Crippen LogP contribution in [0.25, 0.3) is 0 Å². The van der Waals surface area contributed by atoms with E-state index in [0.29, 0.717) is 15.9 Å². The molecule has 7 heteroatoms. The van der Waals surface area contributed by atoms with Gasteiger partial charge >= 0.3 is 0 Å². The SMILES string of the molecule is CCc1cnc(CNC(=O)c2cc(Br)cnc2N)o1. The van der Waals surface area contributed by atoms with Gasteiger partial charge in [-0.1, -0.05) is 6.92 Å². The second-order valence-corrected chi connectivity index (χ2v) is 4.76. The van der Waals surface area contributed by atoms with Gasteiger partial charge < -0.3 is 15.5 Å². The Balaban J connectivity index is 2.03. The van der Waals surface area contributed by atoms with E-state index in [-0.39, 0.29) is 18.3 Å². The van der Waals surface area contributed by atoms with E-state index < -0.39 is 0 Å². The number of oxazole rings is 1. The number of nitrogens with two attached hydrogens (primary N) is 1. The molecule has 100 valence electrons. The monoisotopic (exact) mass is 324 g/mol. The number of halogens is 1. The van der Waals surface area contributed by atoms with Crippen molar-refractivity contribution in [2.45, 2.75) is 19.9 Å². The average Bonchev–Trinajstić information content (AvgIpc) is 2.87. The highest BCUT2D eigenvalue weighted by molar-refractivity contribution is 9.10. The quantitative estimate of drug-likeness (QED) is 0.895. The van der Waals surface area contributed by atoms with Crippen LogP contribution >= 0.6 is 15.9 Å². The number of rotatable bonds is 4. The fourth-order valence-corrected chi connectivity index (χ4v) is 1.81. The van der Waals surface area contributed by atoms with Crippen molar-refractivity contribution in [2.75, 3.05) is 5.73 Å². The zero-order valence-corrected chi connectivity index (χ0v) is 11.9. The number of hydrogen-bond acceptors (Lipinski definition) is 5. The molecule has 1 amide bonds. The van der Waals surface area contributed by atoms with Crippen LogP contribution in [0, 0.1) is 0 Å². The first kappa shape index (κ1) is 13.5. The summed E-state index contributed by atoms with van der Waals surface area (Å²) >= 11 is 3.24. The van der Waals surface area contributed by atoms with E-state index in [0.717, 1.165) is 12.2 Å². The Labute approximate surface area is 118 Å². The van der Waals surface area contributed by atoms with E-state index in [1.54, 1.807) is 12.3 Å². The molecular formula is C12H13BrN4O2. The first-order valence-electron chi connectivity index (χ1n) is 5.73. The predicted molar refractivity (Wildman–Crippen MR) is 73.4 cm³/mol. The number of aromatic nitrogens is 2. The maximum Gasteiger partial charge on any atom is 0.255 e. The number of nitrogens with zero attached hydrogens (tertiary/aromatic N) is 2. The van der Waals surface area contributed by atoms with Crippen LogP contribution in [0.2, 0.25) is 0 Å². The van der Waals surface area contributed by atoms with Crippen molar-refractivity contribution in [1.82, 2.24) is 15.3 Å². The number of amides is 1. The van der Waals surface area contributed by atoms with Crippen LogP contribution in [0.15, 0.2) is 27.3 Å². The minimum Gasteiger partial charge on any atom is -0.444 e. The standard InChI is InChI=1S/C12H13BrN4O2/c1-2-8-5-15-10(19-8)6-17-12(18)9-3-7(13)4-16-11(9)14/h3-5H,2,6H2,1H3,(H2,14,16)(H,17,18). The topological polar surface area (TPSA) is 94.0 Å². The molecule has 0 atom stereocenters. The predicted octanol–water partition coefficient (Wildman–Crippen LogP) is 1.91. The van der Waals surface area contributed by atoms with Gasteiger partial charge in [-0.3, -0.25) is 4.79 Å². The van der Waals surface area contributed by atoms with Gasteiger partial charge in [-0.2, -0.15) is 0 Å². The third kappa shape index (κ3) is 3.31. The van der Waals surface area contributed by atoms with Gasteiger partial charge in [-0.25, -0.2) is 9.97 Å². The second-order valence-electron chi connectivity index (χ2n) is 3.84. The molecule has 2 rings (SSSR count). The summed E-state index contributed by atoms with van der Waals surface area (Å²) in [5.74, 6) is 1.12. The lowest BCUT2D eigenvalue weighted by atomic mass is 10.2. The van der Waals surface area contributed by atoms with E-state index in [1.807, 2.05) is 6.92 Å². The smallest absolute Gasteiger partial charge is 0.255 e. The summed E-state index contributed by atoms with van der Waals surface area (Å²) in [5.41, 5.74) is 5.97. The second kappa shape index (κ2) is 5.83. The minimum atomic E-state index is -0.317. The number of nitrogen functional groups attached to an aromatic ring is 1. The number of anilines is 1. The lowest BCUT2D eigenvalue weighted by Gasteiger charge is -2.05. The Morgan fingerprint density at radius 2 is 2.26 bits per heavy atom. The molecule has 0 radical (unpaired) electrons. The van der Waals surface area contributed by atoms with E-state index >= 15 is 0 Å². The Bertz CT molecular complexity index is 597. The van der Waals surface area contributed by atoms with Gasteiger partial charge in [0.25, 0.3) is 5.91 Å². The van der Waals surface area contributed by atoms with E-state index in [1.165, 1.54) is 6.20 Å². The van der Waals surface area contributed by atoms with Crippen LogP contribution in [0.3, 0.4) is 0 Å². The maximum absolute atomic E-state index is 11.9. The van der Waals surface area contributed by atoms with Gasteiger partial charge in [-0.15, -0.1) is 0 Å². The highest BCUT2D eigenvalue weighted by atomic mass is 79.9. The van der Waals surface area contributed by atoms with Gasteiger partial charge in [-0.05, 0) is 22.0 Å². The van der Waals surface area contributed by atoms with Crippen LogP contribution < -0.4 is 11.1 Å². The van der Waals surface area contributed by atoms with Crippen LogP contribution in [0.4, 0.5) is 5.82 Å². The molecule has 3 N–H and O–H groups in total. The fraction of sp³-hybridized carbons (Fsp3) is 0.250. The molecule has 0 aliphatic rings. The van der Waals surface area contributed by atoms with Crippen LogP contribution in [0.5, 0.6) is 0 Å². The first-order chi connectivity index (χ1) is 9.10. The molecule has 0 saturated heterocycles. The van der Waals surface area contributed by atoms with Gasteiger partial charge in [0, 0.05) is 17.1 Å². The number of pyridine rings is 1. The van der Waals surface area contributed by atoms with Crippen LogP contribution in [0.1, 0.15) is 28.9 Å². The number of nitrogens with one attached hydrogen (secondary N) is 1. The molecule has 0 saturated carbocycles. The molecule has 2 heterocycles. The number of aryl methyl sites for hydroxylation is 1. The normalized spacial score (nSPS) is 10.4. The molecule has 2 aromatic heterocycles. The van der Waals surface area contributed by atoms with Crippen LogP contribution in [-0.2, 0) is 13.0 Å². The van der Waals surface area contributed by atoms with Gasteiger partial charge in [0.05, 0.1) is 18.3 Å². The number of hydrogen-bond donors (Lipinski definition) is 2. The summed E-state index contributed by atoms with van der Waals surface area (Å²) < 4.78 is 6.08. The Kier molecular flexibility index (Phi) is 4.16. The Morgan fingerprint density at radius 3 is 2.95 bits per heavy atom. The summed E-state index contributed by atoms with van der Waals surface area (Å²) in [5, 5.41) is 2.68. The first-order valence-corrected chi connectivity index (χ1v) is 6.52. The zero-order valence-electron chi connectivity index (χ0n) is 10.3. The molecule has 2 aromatic rings.